The van der Waals surface area contributed by atoms with Gasteiger partial charge < -0.3 is 9.64 Å². The maximum Gasteiger partial charge on any atom is 0.318 e. The number of piperazine rings is 1. The van der Waals surface area contributed by atoms with E-state index in [9.17, 15) is 8.42 Å². The molecule has 2 aliphatic heterocycles. The molecule has 1 atom stereocenters. The van der Waals surface area contributed by atoms with E-state index in [2.05, 4.69) is 19.8 Å². The molecule has 9 heteroatoms. The first-order valence-corrected chi connectivity index (χ1v) is 9.44. The number of hydrogen-bond donors (Lipinski definition) is 0. The van der Waals surface area contributed by atoms with Crippen LogP contribution >= 0.6 is 11.6 Å². The predicted molar refractivity (Wildman–Crippen MR) is 84.4 cm³/mol. The molecule has 7 nitrogen and oxygen atoms in total. The number of methoxy groups -OCH3 is 1. The molecule has 122 valence electrons. The quantitative estimate of drug-likeness (QED) is 0.786. The van der Waals surface area contributed by atoms with Crippen molar-refractivity contribution in [3.8, 4) is 6.01 Å². The van der Waals surface area contributed by atoms with Gasteiger partial charge in [-0.3, -0.25) is 4.90 Å². The van der Waals surface area contributed by atoms with Crippen LogP contribution in [0.1, 0.15) is 6.42 Å². The first kappa shape index (κ1) is 15.8. The molecular weight excluding hydrogens is 328 g/mol. The van der Waals surface area contributed by atoms with Gasteiger partial charge in [-0.05, 0) is 6.42 Å². The predicted octanol–water partition coefficient (Wildman–Crippen LogP) is 0.448. The number of aromatic nitrogens is 2. The summed E-state index contributed by atoms with van der Waals surface area (Å²) in [5.41, 5.74) is 0. The van der Waals surface area contributed by atoms with Gasteiger partial charge >= 0.3 is 6.01 Å². The molecule has 0 amide bonds. The fourth-order valence-corrected chi connectivity index (χ4v) is 5.00. The highest BCUT2D eigenvalue weighted by Gasteiger charge is 2.34. The van der Waals surface area contributed by atoms with Crippen LogP contribution < -0.4 is 9.64 Å². The molecule has 2 aliphatic rings. The summed E-state index contributed by atoms with van der Waals surface area (Å²) in [6.45, 7) is 3.14. The van der Waals surface area contributed by atoms with Crippen molar-refractivity contribution >= 4 is 27.3 Å². The van der Waals surface area contributed by atoms with Crippen LogP contribution in [0.25, 0.3) is 0 Å². The van der Waals surface area contributed by atoms with Crippen LogP contribution in [0.15, 0.2) is 6.20 Å². The van der Waals surface area contributed by atoms with Gasteiger partial charge in [0.1, 0.15) is 5.02 Å². The summed E-state index contributed by atoms with van der Waals surface area (Å²) in [6.07, 6.45) is 2.28. The van der Waals surface area contributed by atoms with E-state index in [4.69, 9.17) is 16.3 Å². The van der Waals surface area contributed by atoms with Gasteiger partial charge in [0.05, 0.1) is 24.8 Å². The third-order valence-corrected chi connectivity index (χ3v) is 6.24. The highest BCUT2D eigenvalue weighted by molar-refractivity contribution is 7.91. The van der Waals surface area contributed by atoms with Gasteiger partial charge in [0.2, 0.25) is 0 Å². The van der Waals surface area contributed by atoms with Crippen molar-refractivity contribution in [3.05, 3.63) is 11.2 Å². The summed E-state index contributed by atoms with van der Waals surface area (Å²) >= 11 is 6.17. The topological polar surface area (TPSA) is 75.6 Å². The van der Waals surface area contributed by atoms with Crippen LogP contribution in [0.4, 0.5) is 5.82 Å². The molecule has 3 heterocycles. The lowest BCUT2D eigenvalue weighted by Gasteiger charge is -2.38. The Kier molecular flexibility index (Phi) is 4.42. The SMILES string of the molecule is COc1ncc(Cl)c(N2CCN([C@@H]3CCS(=O)(=O)C3)CC2)n1. The van der Waals surface area contributed by atoms with Crippen LogP contribution in [-0.2, 0) is 9.84 Å². The van der Waals surface area contributed by atoms with Gasteiger partial charge in [-0.15, -0.1) is 0 Å². The minimum absolute atomic E-state index is 0.155. The Hall–Kier alpha value is -1.12. The zero-order chi connectivity index (χ0) is 15.7. The zero-order valence-corrected chi connectivity index (χ0v) is 14.0. The minimum Gasteiger partial charge on any atom is -0.467 e. The standard InChI is InChI=1S/C13H19ClN4O3S/c1-21-13-15-8-11(14)12(16-13)18-5-3-17(4-6-18)10-2-7-22(19,20)9-10/h8,10H,2-7,9H2,1H3/t10-/m1/s1. The Balaban J connectivity index is 1.65. The van der Waals surface area contributed by atoms with Gasteiger partial charge in [-0.25, -0.2) is 13.4 Å². The third-order valence-electron chi connectivity index (χ3n) is 4.22. The van der Waals surface area contributed by atoms with Crippen molar-refractivity contribution in [3.63, 3.8) is 0 Å². The molecule has 1 aromatic heterocycles. The average molecular weight is 347 g/mol. The van der Waals surface area contributed by atoms with E-state index in [-0.39, 0.29) is 11.8 Å². The van der Waals surface area contributed by atoms with E-state index in [1.807, 2.05) is 0 Å². The highest BCUT2D eigenvalue weighted by atomic mass is 35.5. The summed E-state index contributed by atoms with van der Waals surface area (Å²) < 4.78 is 28.2. The lowest BCUT2D eigenvalue weighted by molar-refractivity contribution is 0.200. The van der Waals surface area contributed by atoms with E-state index in [1.54, 1.807) is 6.20 Å². The van der Waals surface area contributed by atoms with Crippen LogP contribution in [0.2, 0.25) is 5.02 Å². The Bertz CT molecular complexity index is 647. The maximum absolute atomic E-state index is 11.6. The number of ether oxygens (including phenoxy) is 1. The average Bonchev–Trinajstić information content (AvgIpc) is 2.88. The molecule has 0 aliphatic carbocycles. The van der Waals surface area contributed by atoms with Crippen molar-refractivity contribution in [2.75, 3.05) is 49.7 Å². The molecule has 1 aromatic rings. The number of hydrogen-bond acceptors (Lipinski definition) is 7. The Morgan fingerprint density at radius 2 is 2.05 bits per heavy atom. The Labute approximate surface area is 135 Å². The monoisotopic (exact) mass is 346 g/mol. The van der Waals surface area contributed by atoms with Crippen LogP contribution in [0.5, 0.6) is 6.01 Å². The number of rotatable bonds is 3. The first-order valence-electron chi connectivity index (χ1n) is 7.24. The summed E-state index contributed by atoms with van der Waals surface area (Å²) in [4.78, 5) is 12.6. The molecule has 2 saturated heterocycles. The van der Waals surface area contributed by atoms with Gasteiger partial charge in [-0.1, -0.05) is 11.6 Å². The molecule has 0 radical (unpaired) electrons. The third kappa shape index (κ3) is 3.28. The summed E-state index contributed by atoms with van der Waals surface area (Å²) in [7, 11) is -1.32. The van der Waals surface area contributed by atoms with Gasteiger partial charge in [-0.2, -0.15) is 4.98 Å². The summed E-state index contributed by atoms with van der Waals surface area (Å²) in [5, 5.41) is 0.498. The number of halogens is 1. The normalized spacial score (nSPS) is 25.4. The van der Waals surface area contributed by atoms with E-state index in [1.165, 1.54) is 7.11 Å². The second-order valence-corrected chi connectivity index (χ2v) is 8.24. The fourth-order valence-electron chi connectivity index (χ4n) is 3.02. The minimum atomic E-state index is -2.84. The second-order valence-electron chi connectivity index (χ2n) is 5.61. The van der Waals surface area contributed by atoms with Crippen LogP contribution in [-0.4, -0.2) is 74.1 Å². The van der Waals surface area contributed by atoms with Crippen molar-refractivity contribution in [1.29, 1.82) is 0 Å². The second kappa shape index (κ2) is 6.17. The smallest absolute Gasteiger partial charge is 0.318 e. The number of nitrogens with zero attached hydrogens (tertiary/aromatic N) is 4. The van der Waals surface area contributed by atoms with Crippen LogP contribution in [0, 0.1) is 0 Å². The van der Waals surface area contributed by atoms with E-state index in [0.29, 0.717) is 22.6 Å². The van der Waals surface area contributed by atoms with Gasteiger partial charge in [0.25, 0.3) is 0 Å². The summed E-state index contributed by atoms with van der Waals surface area (Å²) in [6, 6.07) is 0.450. The van der Waals surface area contributed by atoms with Crippen LogP contribution in [0.3, 0.4) is 0 Å². The number of anilines is 1. The molecule has 2 fully saturated rings. The van der Waals surface area contributed by atoms with Crippen molar-refractivity contribution < 1.29 is 13.2 Å². The Morgan fingerprint density at radius 1 is 1.32 bits per heavy atom. The summed E-state index contributed by atoms with van der Waals surface area (Å²) in [5.74, 6) is 1.27. The molecule has 0 unspecified atom stereocenters. The molecule has 0 bridgehead atoms. The molecule has 22 heavy (non-hydrogen) atoms. The van der Waals surface area contributed by atoms with Crippen molar-refractivity contribution in [2.45, 2.75) is 12.5 Å². The largest absolute Gasteiger partial charge is 0.467 e. The molecule has 3 rings (SSSR count). The van der Waals surface area contributed by atoms with E-state index < -0.39 is 9.84 Å². The molecule has 0 N–H and O–H groups in total. The lowest BCUT2D eigenvalue weighted by Crippen LogP contribution is -2.51. The first-order chi connectivity index (χ1) is 10.5. The maximum atomic E-state index is 11.6. The molecular formula is C13H19ClN4O3S. The molecule has 0 spiro atoms. The van der Waals surface area contributed by atoms with Crippen molar-refractivity contribution in [2.24, 2.45) is 0 Å². The van der Waals surface area contributed by atoms with Crippen molar-refractivity contribution in [1.82, 2.24) is 14.9 Å². The highest BCUT2D eigenvalue weighted by Crippen LogP contribution is 2.26. The molecule has 0 saturated carbocycles. The van der Waals surface area contributed by atoms with Gasteiger partial charge in [0.15, 0.2) is 15.7 Å². The molecule has 0 aromatic carbocycles. The lowest BCUT2D eigenvalue weighted by atomic mass is 10.2. The Morgan fingerprint density at radius 3 is 2.64 bits per heavy atom. The zero-order valence-electron chi connectivity index (χ0n) is 12.4. The number of sulfone groups is 1. The van der Waals surface area contributed by atoms with E-state index in [0.717, 1.165) is 32.6 Å². The fraction of sp³-hybridized carbons (Fsp3) is 0.692. The van der Waals surface area contributed by atoms with Gasteiger partial charge in [0, 0.05) is 32.2 Å². The van der Waals surface area contributed by atoms with E-state index >= 15 is 0 Å².